The van der Waals surface area contributed by atoms with Crippen LogP contribution in [0.25, 0.3) is 0 Å². The average molecular weight is 377 g/mol. The second kappa shape index (κ2) is 9.86. The number of aromatic amines is 1. The third kappa shape index (κ3) is 5.41. The number of nitrogens with one attached hydrogen (secondary N) is 3. The summed E-state index contributed by atoms with van der Waals surface area (Å²) in [5, 5.41) is 5.53. The van der Waals surface area contributed by atoms with Gasteiger partial charge in [0.25, 0.3) is 11.8 Å². The Morgan fingerprint density at radius 1 is 0.786 bits per heavy atom. The standard InChI is InChI=1S/C20H20N6O2/c27-19(25-11-7-15-5-1-3-9-21-15)17-18(24-14-13-23-17)20(28)26-12-8-16-6-2-4-10-22-16/h1-6,9-10,13-14H,7-8,11-12H2,(H,25,27)(H,26,28)/p+1. The summed E-state index contributed by atoms with van der Waals surface area (Å²) in [6, 6.07) is 11.4. The lowest BCUT2D eigenvalue weighted by Gasteiger charge is -2.08. The summed E-state index contributed by atoms with van der Waals surface area (Å²) < 4.78 is 0. The maximum Gasteiger partial charge on any atom is 0.272 e. The predicted molar refractivity (Wildman–Crippen MR) is 101 cm³/mol. The Bertz CT molecular complexity index is 842. The van der Waals surface area contributed by atoms with Crippen LogP contribution in [0.15, 0.2) is 61.2 Å². The van der Waals surface area contributed by atoms with Gasteiger partial charge in [0, 0.05) is 62.3 Å². The number of carbonyl (C=O) groups is 2. The number of rotatable bonds is 8. The zero-order valence-electron chi connectivity index (χ0n) is 15.3. The van der Waals surface area contributed by atoms with Gasteiger partial charge < -0.3 is 10.6 Å². The smallest absolute Gasteiger partial charge is 0.272 e. The first-order valence-electron chi connectivity index (χ1n) is 8.97. The number of pyridine rings is 2. The Morgan fingerprint density at radius 3 is 2.07 bits per heavy atom. The molecule has 3 aromatic heterocycles. The molecule has 0 atom stereocenters. The van der Waals surface area contributed by atoms with Crippen molar-refractivity contribution in [3.8, 4) is 0 Å². The molecule has 0 bridgehead atoms. The van der Waals surface area contributed by atoms with E-state index in [0.717, 1.165) is 11.4 Å². The Balaban J connectivity index is 1.55. The summed E-state index contributed by atoms with van der Waals surface area (Å²) in [6.45, 7) is 0.800. The topological polar surface area (TPSA) is 111 Å². The molecule has 142 valence electrons. The Morgan fingerprint density at radius 2 is 1.46 bits per heavy atom. The molecule has 0 aliphatic heterocycles. The van der Waals surface area contributed by atoms with Crippen LogP contribution >= 0.6 is 0 Å². The van der Waals surface area contributed by atoms with Gasteiger partial charge in [-0.1, -0.05) is 12.1 Å². The van der Waals surface area contributed by atoms with Gasteiger partial charge in [-0.25, -0.2) is 15.0 Å². The van der Waals surface area contributed by atoms with E-state index in [-0.39, 0.29) is 11.4 Å². The highest BCUT2D eigenvalue weighted by atomic mass is 16.2. The number of amides is 2. The molecule has 3 N–H and O–H groups in total. The molecule has 0 fully saturated rings. The number of hydrogen-bond acceptors (Lipinski definition) is 5. The van der Waals surface area contributed by atoms with Crippen LogP contribution in [0, 0.1) is 0 Å². The molecule has 3 rings (SSSR count). The van der Waals surface area contributed by atoms with Crippen LogP contribution in [0.4, 0.5) is 0 Å². The summed E-state index contributed by atoms with van der Waals surface area (Å²) >= 11 is 0. The minimum atomic E-state index is -0.439. The third-order valence-electron chi connectivity index (χ3n) is 3.97. The van der Waals surface area contributed by atoms with E-state index in [1.165, 1.54) is 12.4 Å². The van der Waals surface area contributed by atoms with E-state index < -0.39 is 11.8 Å². The molecule has 3 heterocycles. The number of hydrogen-bond donors (Lipinski definition) is 2. The Labute approximate surface area is 162 Å². The summed E-state index contributed by atoms with van der Waals surface area (Å²) in [5.41, 5.74) is 1.88. The highest BCUT2D eigenvalue weighted by Crippen LogP contribution is 2.02. The van der Waals surface area contributed by atoms with Gasteiger partial charge in [0.2, 0.25) is 0 Å². The van der Waals surface area contributed by atoms with Crippen LogP contribution in [0.1, 0.15) is 32.4 Å². The number of carbonyl (C=O) groups excluding carboxylic acids is 2. The van der Waals surface area contributed by atoms with E-state index in [9.17, 15) is 9.59 Å². The Kier molecular flexibility index (Phi) is 6.73. The SMILES string of the molecule is O=C(NCCc1ccccn1)c1nccnc1C(=O)NCCc1cccc[nH+]1. The fourth-order valence-electron chi connectivity index (χ4n) is 2.58. The van der Waals surface area contributed by atoms with E-state index in [4.69, 9.17) is 0 Å². The van der Waals surface area contributed by atoms with Crippen molar-refractivity contribution in [2.45, 2.75) is 12.8 Å². The Hall–Kier alpha value is -3.68. The lowest BCUT2D eigenvalue weighted by Crippen LogP contribution is -2.33. The molecule has 8 nitrogen and oxygen atoms in total. The summed E-state index contributed by atoms with van der Waals surface area (Å²) in [5.74, 6) is -0.871. The normalized spacial score (nSPS) is 10.3. The zero-order chi connectivity index (χ0) is 19.6. The summed E-state index contributed by atoms with van der Waals surface area (Å²) in [6.07, 6.45) is 7.54. The lowest BCUT2D eigenvalue weighted by atomic mass is 10.2. The first kappa shape index (κ1) is 19.1. The van der Waals surface area contributed by atoms with Crippen molar-refractivity contribution in [2.24, 2.45) is 0 Å². The summed E-state index contributed by atoms with van der Waals surface area (Å²) in [7, 11) is 0. The van der Waals surface area contributed by atoms with E-state index in [1.54, 1.807) is 6.20 Å². The van der Waals surface area contributed by atoms with Gasteiger partial charge in [-0.15, -0.1) is 0 Å². The van der Waals surface area contributed by atoms with Crippen LogP contribution in [0.2, 0.25) is 0 Å². The van der Waals surface area contributed by atoms with Gasteiger partial charge >= 0.3 is 0 Å². The molecule has 28 heavy (non-hydrogen) atoms. The molecule has 0 saturated carbocycles. The molecule has 0 spiro atoms. The van der Waals surface area contributed by atoms with Gasteiger partial charge in [0.05, 0.1) is 0 Å². The molecule has 0 radical (unpaired) electrons. The second-order valence-electron chi connectivity index (χ2n) is 5.97. The quantitative estimate of drug-likeness (QED) is 0.598. The predicted octanol–water partition coefficient (Wildman–Crippen LogP) is 0.631. The largest absolute Gasteiger partial charge is 0.350 e. The second-order valence-corrected chi connectivity index (χ2v) is 5.97. The van der Waals surface area contributed by atoms with Crippen molar-refractivity contribution in [1.29, 1.82) is 0 Å². The van der Waals surface area contributed by atoms with E-state index in [1.807, 2.05) is 42.6 Å². The van der Waals surface area contributed by atoms with Crippen LogP contribution < -0.4 is 15.6 Å². The minimum Gasteiger partial charge on any atom is -0.350 e. The molecule has 3 aromatic rings. The highest BCUT2D eigenvalue weighted by Gasteiger charge is 2.19. The van der Waals surface area contributed by atoms with Crippen LogP contribution in [0.5, 0.6) is 0 Å². The van der Waals surface area contributed by atoms with E-state index >= 15 is 0 Å². The number of nitrogens with zero attached hydrogens (tertiary/aromatic N) is 3. The molecule has 0 aromatic carbocycles. The van der Waals surface area contributed by atoms with Gasteiger partial charge in [-0.05, 0) is 12.1 Å². The fourth-order valence-corrected chi connectivity index (χ4v) is 2.58. The minimum absolute atomic E-state index is 0.00675. The average Bonchev–Trinajstić information content (AvgIpc) is 2.75. The molecular formula is C20H21N6O2+. The molecule has 0 unspecified atom stereocenters. The highest BCUT2D eigenvalue weighted by molar-refractivity contribution is 6.04. The fraction of sp³-hybridized carbons (Fsp3) is 0.200. The van der Waals surface area contributed by atoms with Crippen molar-refractivity contribution in [2.75, 3.05) is 13.1 Å². The van der Waals surface area contributed by atoms with Gasteiger partial charge in [-0.2, -0.15) is 0 Å². The molecule has 0 saturated heterocycles. The lowest BCUT2D eigenvalue weighted by molar-refractivity contribution is -0.390. The van der Waals surface area contributed by atoms with Crippen molar-refractivity contribution < 1.29 is 14.6 Å². The van der Waals surface area contributed by atoms with Crippen molar-refractivity contribution in [3.05, 3.63) is 84.0 Å². The monoisotopic (exact) mass is 377 g/mol. The summed E-state index contributed by atoms with van der Waals surface area (Å²) in [4.78, 5) is 40.3. The van der Waals surface area contributed by atoms with Gasteiger partial charge in [0.15, 0.2) is 23.3 Å². The van der Waals surface area contributed by atoms with Crippen molar-refractivity contribution in [1.82, 2.24) is 25.6 Å². The maximum absolute atomic E-state index is 12.4. The first-order valence-corrected chi connectivity index (χ1v) is 8.97. The molecule has 8 heteroatoms. The first-order chi connectivity index (χ1) is 13.7. The van der Waals surface area contributed by atoms with Crippen LogP contribution in [-0.2, 0) is 12.8 Å². The van der Waals surface area contributed by atoms with Crippen LogP contribution in [0.3, 0.4) is 0 Å². The maximum atomic E-state index is 12.4. The van der Waals surface area contributed by atoms with E-state index in [2.05, 4.69) is 30.6 Å². The third-order valence-corrected chi connectivity index (χ3v) is 3.97. The van der Waals surface area contributed by atoms with Crippen molar-refractivity contribution in [3.63, 3.8) is 0 Å². The van der Waals surface area contributed by atoms with Gasteiger partial charge in [-0.3, -0.25) is 14.6 Å². The van der Waals surface area contributed by atoms with Crippen LogP contribution in [-0.4, -0.2) is 39.9 Å². The zero-order valence-corrected chi connectivity index (χ0v) is 15.3. The number of aromatic nitrogens is 4. The molecular weight excluding hydrogens is 356 g/mol. The number of H-pyrrole nitrogens is 1. The molecule has 2 amide bonds. The van der Waals surface area contributed by atoms with Crippen molar-refractivity contribution >= 4 is 11.8 Å². The molecule has 0 aliphatic carbocycles. The molecule has 0 aliphatic rings. The van der Waals surface area contributed by atoms with Gasteiger partial charge in [0.1, 0.15) is 0 Å². The van der Waals surface area contributed by atoms with E-state index in [0.29, 0.717) is 25.9 Å².